The smallest absolute Gasteiger partial charge is 0.312 e. The standard InChI is InChI=1S/C3H7N2O6PS/c1-5(12(7,8)9)2-3(6)4-13(10)11/h2H2,1H3,(H2,7,8,9). The molecule has 13 heavy (non-hydrogen) atoms. The van der Waals surface area contributed by atoms with Gasteiger partial charge in [0, 0.05) is 0 Å². The molecule has 0 unspecified atom stereocenters. The van der Waals surface area contributed by atoms with E-state index in [1.165, 1.54) is 0 Å². The van der Waals surface area contributed by atoms with E-state index in [4.69, 9.17) is 9.79 Å². The maximum atomic E-state index is 10.6. The zero-order valence-corrected chi connectivity index (χ0v) is 8.20. The molecule has 0 fully saturated rings. The molecule has 0 heterocycles. The Bertz CT molecular complexity index is 359. The Morgan fingerprint density at radius 1 is 1.54 bits per heavy atom. The molecule has 0 aromatic carbocycles. The van der Waals surface area contributed by atoms with E-state index in [1.807, 2.05) is 0 Å². The highest BCUT2D eigenvalue weighted by molar-refractivity contribution is 7.62. The van der Waals surface area contributed by atoms with Crippen molar-refractivity contribution in [2.24, 2.45) is 4.36 Å². The van der Waals surface area contributed by atoms with E-state index in [2.05, 4.69) is 4.36 Å². The fourth-order valence-corrected chi connectivity index (χ4v) is 0.929. The number of carbonyl (C=O) groups is 1. The number of carbonyl (C=O) groups excluding carboxylic acids is 1. The Balaban J connectivity index is 4.41. The van der Waals surface area contributed by atoms with Gasteiger partial charge in [0.05, 0.1) is 6.54 Å². The van der Waals surface area contributed by atoms with E-state index in [0.29, 0.717) is 4.67 Å². The summed E-state index contributed by atoms with van der Waals surface area (Å²) in [7, 11) is -6.42. The van der Waals surface area contributed by atoms with Gasteiger partial charge in [-0.15, -0.1) is 0 Å². The summed E-state index contributed by atoms with van der Waals surface area (Å²) in [5, 5.41) is 0. The summed E-state index contributed by atoms with van der Waals surface area (Å²) in [6.45, 7) is -0.752. The number of hydrogen-bond acceptors (Lipinski definition) is 4. The van der Waals surface area contributed by atoms with Gasteiger partial charge >= 0.3 is 18.2 Å². The van der Waals surface area contributed by atoms with Gasteiger partial charge in [0.2, 0.25) is 0 Å². The minimum absolute atomic E-state index is 0.395. The van der Waals surface area contributed by atoms with Crippen LogP contribution in [0.1, 0.15) is 0 Å². The zero-order chi connectivity index (χ0) is 10.6. The van der Waals surface area contributed by atoms with Crippen molar-refractivity contribution in [1.82, 2.24) is 4.67 Å². The summed E-state index contributed by atoms with van der Waals surface area (Å²) in [4.78, 5) is 27.5. The molecule has 0 aliphatic carbocycles. The second-order valence-electron chi connectivity index (χ2n) is 2.03. The molecule has 0 aromatic rings. The molecule has 0 aliphatic heterocycles. The molecule has 10 heteroatoms. The molecule has 0 rings (SSSR count). The molecule has 0 spiro atoms. The normalized spacial score (nSPS) is 11.4. The van der Waals surface area contributed by atoms with E-state index in [9.17, 15) is 17.8 Å². The van der Waals surface area contributed by atoms with Crippen LogP contribution in [-0.4, -0.2) is 42.4 Å². The molecule has 2 N–H and O–H groups in total. The van der Waals surface area contributed by atoms with Crippen LogP contribution in [0, 0.1) is 0 Å². The molecular weight excluding hydrogens is 223 g/mol. The maximum Gasteiger partial charge on any atom is 0.403 e. The van der Waals surface area contributed by atoms with Crippen molar-refractivity contribution in [3.63, 3.8) is 0 Å². The van der Waals surface area contributed by atoms with E-state index in [1.54, 1.807) is 0 Å². The molecule has 1 amide bonds. The van der Waals surface area contributed by atoms with Crippen molar-refractivity contribution in [2.75, 3.05) is 13.6 Å². The van der Waals surface area contributed by atoms with E-state index in [-0.39, 0.29) is 0 Å². The van der Waals surface area contributed by atoms with E-state index < -0.39 is 30.7 Å². The highest BCUT2D eigenvalue weighted by atomic mass is 32.2. The fraction of sp³-hybridized carbons (Fsp3) is 0.667. The van der Waals surface area contributed by atoms with Crippen LogP contribution in [0.2, 0.25) is 0 Å². The van der Waals surface area contributed by atoms with Gasteiger partial charge in [0.25, 0.3) is 5.91 Å². The quantitative estimate of drug-likeness (QED) is 0.571. The molecule has 0 bridgehead atoms. The second kappa shape index (κ2) is 4.58. The summed E-state index contributed by atoms with van der Waals surface area (Å²) in [5.74, 6) is -1.14. The molecule has 76 valence electrons. The summed E-state index contributed by atoms with van der Waals surface area (Å²) in [6.07, 6.45) is 0. The largest absolute Gasteiger partial charge is 0.403 e. The van der Waals surface area contributed by atoms with E-state index in [0.717, 1.165) is 7.05 Å². The summed E-state index contributed by atoms with van der Waals surface area (Å²) >= 11 is 0. The van der Waals surface area contributed by atoms with Crippen molar-refractivity contribution in [1.29, 1.82) is 0 Å². The summed E-state index contributed by atoms with van der Waals surface area (Å²) in [6, 6.07) is 0. The van der Waals surface area contributed by atoms with Crippen LogP contribution in [0.25, 0.3) is 0 Å². The number of rotatable bonds is 3. The molecule has 0 atom stereocenters. The molecule has 0 aliphatic rings. The molecule has 0 saturated heterocycles. The summed E-state index contributed by atoms with van der Waals surface area (Å²) < 4.78 is 33.0. The molecule has 0 aromatic heterocycles. The van der Waals surface area contributed by atoms with Gasteiger partial charge in [-0.1, -0.05) is 4.36 Å². The van der Waals surface area contributed by atoms with Gasteiger partial charge in [0.15, 0.2) is 0 Å². The van der Waals surface area contributed by atoms with Gasteiger partial charge in [-0.05, 0) is 7.05 Å². The number of hydrogen-bond donors (Lipinski definition) is 2. The first kappa shape index (κ1) is 12.4. The van der Waals surface area contributed by atoms with Gasteiger partial charge < -0.3 is 9.79 Å². The molecule has 8 nitrogen and oxygen atoms in total. The van der Waals surface area contributed by atoms with Crippen LogP contribution in [0.5, 0.6) is 0 Å². The number of likely N-dealkylation sites (N-methyl/N-ethyl adjacent to an activating group) is 1. The van der Waals surface area contributed by atoms with Crippen molar-refractivity contribution >= 4 is 24.2 Å². The zero-order valence-electron chi connectivity index (χ0n) is 6.48. The number of nitrogens with zero attached hydrogens (tertiary/aromatic N) is 2. The van der Waals surface area contributed by atoms with Gasteiger partial charge in [-0.25, -0.2) is 9.24 Å². The fourth-order valence-electron chi connectivity index (χ4n) is 0.400. The molecular formula is C3H7N2O6PS. The van der Waals surface area contributed by atoms with Gasteiger partial charge in [-0.3, -0.25) is 4.79 Å². The first-order valence-electron chi connectivity index (χ1n) is 2.84. The third-order valence-corrected chi connectivity index (χ3v) is 2.37. The van der Waals surface area contributed by atoms with Crippen molar-refractivity contribution < 1.29 is 27.6 Å². The second-order valence-corrected chi connectivity index (χ2v) is 4.36. The Morgan fingerprint density at radius 3 is 2.31 bits per heavy atom. The monoisotopic (exact) mass is 230 g/mol. The lowest BCUT2D eigenvalue weighted by molar-refractivity contribution is -0.117. The third kappa shape index (κ3) is 5.61. The Labute approximate surface area is 75.1 Å². The Kier molecular flexibility index (Phi) is 4.37. The minimum Gasteiger partial charge on any atom is -0.312 e. The van der Waals surface area contributed by atoms with Crippen molar-refractivity contribution in [3.8, 4) is 0 Å². The average Bonchev–Trinajstić information content (AvgIpc) is 1.82. The Morgan fingerprint density at radius 2 is 2.00 bits per heavy atom. The van der Waals surface area contributed by atoms with Crippen LogP contribution < -0.4 is 0 Å². The maximum absolute atomic E-state index is 10.6. The van der Waals surface area contributed by atoms with Crippen LogP contribution >= 0.6 is 7.75 Å². The number of amides is 1. The first-order chi connectivity index (χ1) is 5.73. The Hall–Kier alpha value is -0.600. The minimum atomic E-state index is -4.50. The lowest BCUT2D eigenvalue weighted by Gasteiger charge is -2.14. The van der Waals surface area contributed by atoms with E-state index >= 15 is 0 Å². The van der Waals surface area contributed by atoms with Gasteiger partial charge in [0.1, 0.15) is 0 Å². The highest BCUT2D eigenvalue weighted by Crippen LogP contribution is 2.37. The lowest BCUT2D eigenvalue weighted by Crippen LogP contribution is -2.21. The van der Waals surface area contributed by atoms with Crippen molar-refractivity contribution in [3.05, 3.63) is 0 Å². The predicted octanol–water partition coefficient (Wildman–Crippen LogP) is -1.40. The van der Waals surface area contributed by atoms with Gasteiger partial charge in [-0.2, -0.15) is 8.42 Å². The lowest BCUT2D eigenvalue weighted by atomic mass is 10.6. The SMILES string of the molecule is CN(CC(=O)N=S(=O)=O)P(=O)(O)O. The highest BCUT2D eigenvalue weighted by Gasteiger charge is 2.22. The topological polar surface area (TPSA) is 124 Å². The van der Waals surface area contributed by atoms with Crippen LogP contribution in [-0.2, 0) is 19.9 Å². The molecule has 0 saturated carbocycles. The third-order valence-electron chi connectivity index (χ3n) is 0.985. The molecule has 0 radical (unpaired) electrons. The first-order valence-corrected chi connectivity index (χ1v) is 5.44. The predicted molar refractivity (Wildman–Crippen MR) is 41.0 cm³/mol. The summed E-state index contributed by atoms with van der Waals surface area (Å²) in [5.41, 5.74) is 0. The van der Waals surface area contributed by atoms with Crippen molar-refractivity contribution in [2.45, 2.75) is 0 Å². The van der Waals surface area contributed by atoms with Crippen LogP contribution in [0.3, 0.4) is 0 Å². The van der Waals surface area contributed by atoms with Crippen LogP contribution in [0.15, 0.2) is 4.36 Å². The van der Waals surface area contributed by atoms with Crippen LogP contribution in [0.4, 0.5) is 0 Å². The average molecular weight is 230 g/mol.